The number of aliphatic carboxylic acids is 1. The highest BCUT2D eigenvalue weighted by Gasteiger charge is 2.42. The molecule has 82 valence electrons. The van der Waals surface area contributed by atoms with Crippen LogP contribution in [-0.4, -0.2) is 51.9 Å². The van der Waals surface area contributed by atoms with Crippen LogP contribution < -0.4 is 5.73 Å². The van der Waals surface area contributed by atoms with E-state index in [4.69, 9.17) is 10.8 Å². The summed E-state index contributed by atoms with van der Waals surface area (Å²) in [5.41, 5.74) is 3.75. The Morgan fingerprint density at radius 1 is 1.64 bits per heavy atom. The molecule has 1 saturated heterocycles. The third-order valence-corrected chi connectivity index (χ3v) is 2.42. The second-order valence-electron chi connectivity index (χ2n) is 4.73. The molecule has 1 fully saturated rings. The molecule has 1 rings (SSSR count). The minimum Gasteiger partial charge on any atom is -0.480 e. The van der Waals surface area contributed by atoms with Gasteiger partial charge in [0.25, 0.3) is 0 Å². The molecule has 0 aliphatic carbocycles. The molecule has 1 aliphatic heterocycles. The van der Waals surface area contributed by atoms with Gasteiger partial charge in [0.15, 0.2) is 0 Å². The van der Waals surface area contributed by atoms with E-state index in [1.807, 2.05) is 4.90 Å². The predicted octanol–water partition coefficient (Wildman–Crippen LogP) is -0.755. The Labute approximate surface area is 83.5 Å². The van der Waals surface area contributed by atoms with Gasteiger partial charge in [-0.2, -0.15) is 0 Å². The molecule has 0 amide bonds. The lowest BCUT2D eigenvalue weighted by molar-refractivity contribution is -0.142. The van der Waals surface area contributed by atoms with E-state index >= 15 is 0 Å². The minimum absolute atomic E-state index is 0.312. The van der Waals surface area contributed by atoms with Crippen LogP contribution in [0, 0.1) is 0 Å². The Bertz CT molecular complexity index is 237. The number of β-amino-alcohol motifs (C(OH)–C–C–N with tert-alkyl or cyclic N) is 1. The van der Waals surface area contributed by atoms with E-state index in [-0.39, 0.29) is 0 Å². The Hall–Kier alpha value is -0.650. The summed E-state index contributed by atoms with van der Waals surface area (Å²) in [5, 5.41) is 18.4. The molecule has 0 spiro atoms. The number of hydrogen-bond donors (Lipinski definition) is 3. The van der Waals surface area contributed by atoms with Gasteiger partial charge in [0.1, 0.15) is 5.54 Å². The van der Waals surface area contributed by atoms with E-state index in [2.05, 4.69) is 0 Å². The van der Waals surface area contributed by atoms with Gasteiger partial charge in [0, 0.05) is 19.6 Å². The molecule has 0 aromatic heterocycles. The molecule has 14 heavy (non-hydrogen) atoms. The Morgan fingerprint density at radius 3 is 2.57 bits per heavy atom. The van der Waals surface area contributed by atoms with Crippen LogP contribution in [0.1, 0.15) is 20.3 Å². The molecular formula is C9H18N2O3. The van der Waals surface area contributed by atoms with Gasteiger partial charge in [-0.05, 0) is 20.3 Å². The Kier molecular flexibility index (Phi) is 2.85. The number of aliphatic hydroxyl groups is 1. The van der Waals surface area contributed by atoms with Crippen molar-refractivity contribution in [2.75, 3.05) is 19.6 Å². The molecule has 1 aliphatic rings. The van der Waals surface area contributed by atoms with Crippen LogP contribution in [0.2, 0.25) is 0 Å². The summed E-state index contributed by atoms with van der Waals surface area (Å²) in [7, 11) is 0. The van der Waals surface area contributed by atoms with Crippen LogP contribution in [0.3, 0.4) is 0 Å². The highest BCUT2D eigenvalue weighted by atomic mass is 16.4. The van der Waals surface area contributed by atoms with Gasteiger partial charge in [-0.1, -0.05) is 0 Å². The van der Waals surface area contributed by atoms with Crippen molar-refractivity contribution in [1.29, 1.82) is 0 Å². The lowest BCUT2D eigenvalue weighted by atomic mass is 10.0. The Balaban J connectivity index is 2.53. The van der Waals surface area contributed by atoms with E-state index < -0.39 is 17.1 Å². The number of likely N-dealkylation sites (tertiary alicyclic amines) is 1. The van der Waals surface area contributed by atoms with Crippen LogP contribution in [-0.2, 0) is 4.79 Å². The van der Waals surface area contributed by atoms with Gasteiger partial charge in [-0.3, -0.25) is 9.69 Å². The standard InChI is InChI=1S/C9H18N2O3/c1-8(2,14)5-11-4-3-9(10,6-11)7(12)13/h14H,3-6,10H2,1-2H3,(H,12,13). The topological polar surface area (TPSA) is 86.8 Å². The second kappa shape index (κ2) is 3.49. The summed E-state index contributed by atoms with van der Waals surface area (Å²) in [4.78, 5) is 12.7. The zero-order valence-corrected chi connectivity index (χ0v) is 8.66. The van der Waals surface area contributed by atoms with Gasteiger partial charge in [0.05, 0.1) is 5.60 Å². The van der Waals surface area contributed by atoms with Crippen LogP contribution in [0.25, 0.3) is 0 Å². The third kappa shape index (κ3) is 2.67. The largest absolute Gasteiger partial charge is 0.480 e. The molecule has 0 bridgehead atoms. The van der Waals surface area contributed by atoms with Crippen molar-refractivity contribution < 1.29 is 15.0 Å². The van der Waals surface area contributed by atoms with E-state index in [9.17, 15) is 9.90 Å². The smallest absolute Gasteiger partial charge is 0.325 e. The summed E-state index contributed by atoms with van der Waals surface area (Å²) >= 11 is 0. The summed E-state index contributed by atoms with van der Waals surface area (Å²) in [6.07, 6.45) is 0.443. The maximum absolute atomic E-state index is 10.8. The minimum atomic E-state index is -1.13. The highest BCUT2D eigenvalue weighted by molar-refractivity contribution is 5.79. The molecule has 5 heteroatoms. The maximum atomic E-state index is 10.8. The lowest BCUT2D eigenvalue weighted by Crippen LogP contribution is -2.51. The molecule has 1 unspecified atom stereocenters. The summed E-state index contributed by atoms with van der Waals surface area (Å²) in [6, 6.07) is 0. The summed E-state index contributed by atoms with van der Waals surface area (Å²) in [6.45, 7) is 4.80. The SMILES string of the molecule is CC(C)(O)CN1CCC(N)(C(=O)O)C1. The van der Waals surface area contributed by atoms with Crippen LogP contribution in [0.5, 0.6) is 0 Å². The van der Waals surface area contributed by atoms with Gasteiger partial charge in [0.2, 0.25) is 0 Å². The van der Waals surface area contributed by atoms with Crippen molar-refractivity contribution in [2.45, 2.75) is 31.4 Å². The maximum Gasteiger partial charge on any atom is 0.325 e. The van der Waals surface area contributed by atoms with Crippen molar-refractivity contribution in [2.24, 2.45) is 5.73 Å². The average Bonchev–Trinajstić information content (AvgIpc) is 2.29. The average molecular weight is 202 g/mol. The molecule has 0 saturated carbocycles. The first kappa shape index (κ1) is 11.4. The quantitative estimate of drug-likeness (QED) is 0.560. The Morgan fingerprint density at radius 2 is 2.21 bits per heavy atom. The van der Waals surface area contributed by atoms with E-state index in [1.54, 1.807) is 13.8 Å². The molecular weight excluding hydrogens is 184 g/mol. The number of carboxylic acids is 1. The third-order valence-electron chi connectivity index (χ3n) is 2.42. The zero-order chi connectivity index (χ0) is 11.0. The van der Waals surface area contributed by atoms with Crippen molar-refractivity contribution in [3.63, 3.8) is 0 Å². The highest BCUT2D eigenvalue weighted by Crippen LogP contribution is 2.20. The zero-order valence-electron chi connectivity index (χ0n) is 8.66. The first-order valence-corrected chi connectivity index (χ1v) is 4.70. The van der Waals surface area contributed by atoms with Gasteiger partial charge < -0.3 is 15.9 Å². The number of carboxylic acid groups (broad SMARTS) is 1. The molecule has 0 aromatic carbocycles. The first-order chi connectivity index (χ1) is 6.23. The number of carbonyl (C=O) groups is 1. The van der Waals surface area contributed by atoms with E-state index in [0.29, 0.717) is 26.1 Å². The number of hydrogen-bond acceptors (Lipinski definition) is 4. The summed E-state index contributed by atoms with van der Waals surface area (Å²) in [5.74, 6) is -0.962. The van der Waals surface area contributed by atoms with Crippen LogP contribution >= 0.6 is 0 Å². The van der Waals surface area contributed by atoms with E-state index in [1.165, 1.54) is 0 Å². The van der Waals surface area contributed by atoms with Crippen molar-refractivity contribution in [3.8, 4) is 0 Å². The van der Waals surface area contributed by atoms with Crippen LogP contribution in [0.15, 0.2) is 0 Å². The molecule has 0 radical (unpaired) electrons. The molecule has 4 N–H and O–H groups in total. The number of rotatable bonds is 3. The second-order valence-corrected chi connectivity index (χ2v) is 4.73. The van der Waals surface area contributed by atoms with Crippen molar-refractivity contribution in [3.05, 3.63) is 0 Å². The van der Waals surface area contributed by atoms with Gasteiger partial charge in [-0.15, -0.1) is 0 Å². The normalized spacial score (nSPS) is 29.4. The predicted molar refractivity (Wildman–Crippen MR) is 51.9 cm³/mol. The van der Waals surface area contributed by atoms with Crippen molar-refractivity contribution in [1.82, 2.24) is 4.90 Å². The van der Waals surface area contributed by atoms with E-state index in [0.717, 1.165) is 0 Å². The molecule has 0 aromatic rings. The number of nitrogens with zero attached hydrogens (tertiary/aromatic N) is 1. The monoisotopic (exact) mass is 202 g/mol. The summed E-state index contributed by atoms with van der Waals surface area (Å²) < 4.78 is 0. The van der Waals surface area contributed by atoms with Crippen LogP contribution in [0.4, 0.5) is 0 Å². The van der Waals surface area contributed by atoms with Gasteiger partial charge in [-0.25, -0.2) is 0 Å². The fourth-order valence-electron chi connectivity index (χ4n) is 1.77. The molecule has 1 heterocycles. The fraction of sp³-hybridized carbons (Fsp3) is 0.889. The van der Waals surface area contributed by atoms with Gasteiger partial charge >= 0.3 is 5.97 Å². The lowest BCUT2D eigenvalue weighted by Gasteiger charge is -2.26. The first-order valence-electron chi connectivity index (χ1n) is 4.70. The molecule has 1 atom stereocenters. The fourth-order valence-corrected chi connectivity index (χ4v) is 1.77. The number of nitrogens with two attached hydrogens (primary N) is 1. The van der Waals surface area contributed by atoms with Crippen molar-refractivity contribution >= 4 is 5.97 Å². The molecule has 5 nitrogen and oxygen atoms in total.